The zero-order valence-electron chi connectivity index (χ0n) is 15.0. The van der Waals surface area contributed by atoms with Crippen molar-refractivity contribution < 1.29 is 4.74 Å². The average molecular weight is 353 g/mol. The predicted molar refractivity (Wildman–Crippen MR) is 109 cm³/mol. The number of ether oxygens (including phenoxy) is 1. The summed E-state index contributed by atoms with van der Waals surface area (Å²) in [6.45, 7) is 0. The minimum atomic E-state index is 0.0507. The maximum absolute atomic E-state index is 5.32. The van der Waals surface area contributed by atoms with E-state index in [1.807, 2.05) is 24.3 Å². The fourth-order valence-electron chi connectivity index (χ4n) is 3.64. The Hall–Kier alpha value is -3.53. The number of anilines is 1. The Balaban J connectivity index is 1.70. The molecule has 3 aromatic carbocycles. The van der Waals surface area contributed by atoms with Gasteiger partial charge in [-0.25, -0.2) is 4.98 Å². The zero-order chi connectivity index (χ0) is 18.2. The lowest BCUT2D eigenvalue weighted by molar-refractivity contribution is 0.414. The molecule has 1 atom stereocenters. The zero-order valence-corrected chi connectivity index (χ0v) is 15.0. The van der Waals surface area contributed by atoms with Crippen molar-refractivity contribution in [2.24, 2.45) is 0 Å². The maximum atomic E-state index is 5.32. The normalized spacial score (nSPS) is 15.7. The lowest BCUT2D eigenvalue weighted by atomic mass is 10.0. The molecule has 0 saturated carbocycles. The molecule has 0 bridgehead atoms. The number of aromatic nitrogens is 2. The van der Waals surface area contributed by atoms with E-state index in [1.165, 1.54) is 5.56 Å². The van der Waals surface area contributed by atoms with Crippen molar-refractivity contribution in [3.05, 3.63) is 96.1 Å². The van der Waals surface area contributed by atoms with Crippen LogP contribution in [0.5, 0.6) is 5.75 Å². The lowest BCUT2D eigenvalue weighted by Crippen LogP contribution is -2.19. The van der Waals surface area contributed by atoms with Gasteiger partial charge in [0.15, 0.2) is 0 Å². The average Bonchev–Trinajstić information content (AvgIpc) is 3.12. The molecule has 132 valence electrons. The van der Waals surface area contributed by atoms with Crippen molar-refractivity contribution in [2.45, 2.75) is 6.04 Å². The van der Waals surface area contributed by atoms with Crippen molar-refractivity contribution >= 4 is 22.7 Å². The molecule has 0 spiro atoms. The lowest BCUT2D eigenvalue weighted by Gasteiger charge is -2.26. The van der Waals surface area contributed by atoms with Crippen molar-refractivity contribution in [1.82, 2.24) is 9.55 Å². The maximum Gasteiger partial charge on any atom is 0.209 e. The van der Waals surface area contributed by atoms with Gasteiger partial charge < -0.3 is 10.1 Å². The molecule has 2 heterocycles. The van der Waals surface area contributed by atoms with Crippen LogP contribution in [0.1, 0.15) is 17.2 Å². The Morgan fingerprint density at radius 3 is 2.41 bits per heavy atom. The number of imidazole rings is 1. The molecular weight excluding hydrogens is 334 g/mol. The molecule has 4 heteroatoms. The van der Waals surface area contributed by atoms with Crippen molar-refractivity contribution in [3.8, 4) is 5.75 Å². The van der Waals surface area contributed by atoms with Crippen LogP contribution in [0, 0.1) is 0 Å². The largest absolute Gasteiger partial charge is 0.497 e. The first-order valence-electron chi connectivity index (χ1n) is 8.99. The van der Waals surface area contributed by atoms with E-state index < -0.39 is 0 Å². The van der Waals surface area contributed by atoms with Gasteiger partial charge in [-0.05, 0) is 41.5 Å². The van der Waals surface area contributed by atoms with Crippen molar-refractivity contribution in [3.63, 3.8) is 0 Å². The number of nitrogens with zero attached hydrogens (tertiary/aromatic N) is 2. The monoisotopic (exact) mass is 353 g/mol. The summed E-state index contributed by atoms with van der Waals surface area (Å²) in [7, 11) is 1.69. The summed E-state index contributed by atoms with van der Waals surface area (Å²) in [5.41, 5.74) is 5.51. The second-order valence-corrected chi connectivity index (χ2v) is 6.58. The molecule has 27 heavy (non-hydrogen) atoms. The standard InChI is InChI=1S/C23H19N3O/c1-27-18-13-11-17(12-14-18)22-15-20(16-7-3-2-4-8-16)25-23-24-19-9-5-6-10-21(19)26(22)23/h2-15,22H,1H3,(H,24,25)/t22-/m1/s1. The van der Waals surface area contributed by atoms with Crippen LogP contribution in [-0.2, 0) is 0 Å². The molecule has 1 N–H and O–H groups in total. The minimum Gasteiger partial charge on any atom is -0.497 e. The van der Waals surface area contributed by atoms with Gasteiger partial charge in [0.05, 0.1) is 24.2 Å². The summed E-state index contributed by atoms with van der Waals surface area (Å²) in [5.74, 6) is 1.72. The third kappa shape index (κ3) is 2.66. The summed E-state index contributed by atoms with van der Waals surface area (Å²) in [4.78, 5) is 4.82. The third-order valence-corrected chi connectivity index (χ3v) is 4.99. The van der Waals surface area contributed by atoms with E-state index in [0.29, 0.717) is 0 Å². The summed E-state index contributed by atoms with van der Waals surface area (Å²) in [6.07, 6.45) is 2.26. The van der Waals surface area contributed by atoms with Crippen LogP contribution >= 0.6 is 0 Å². The molecule has 4 aromatic rings. The molecule has 0 amide bonds. The Bertz CT molecular complexity index is 1130. The smallest absolute Gasteiger partial charge is 0.209 e. The van der Waals surface area contributed by atoms with E-state index in [2.05, 4.69) is 70.6 Å². The molecule has 1 aliphatic heterocycles. The van der Waals surface area contributed by atoms with E-state index >= 15 is 0 Å². The van der Waals surface area contributed by atoms with Crippen LogP contribution < -0.4 is 10.1 Å². The Kier molecular flexibility index (Phi) is 3.68. The van der Waals surface area contributed by atoms with E-state index in [0.717, 1.165) is 34.0 Å². The van der Waals surface area contributed by atoms with Gasteiger partial charge in [-0.15, -0.1) is 0 Å². The summed E-state index contributed by atoms with van der Waals surface area (Å²) in [5, 5.41) is 3.51. The number of rotatable bonds is 3. The number of fused-ring (bicyclic) bond motifs is 3. The van der Waals surface area contributed by atoms with Crippen LogP contribution in [0.25, 0.3) is 16.7 Å². The molecule has 0 saturated heterocycles. The molecule has 1 aliphatic rings. The van der Waals surface area contributed by atoms with Crippen LogP contribution in [0.2, 0.25) is 0 Å². The minimum absolute atomic E-state index is 0.0507. The Labute approximate surface area is 157 Å². The number of para-hydroxylation sites is 2. The Morgan fingerprint density at radius 2 is 1.63 bits per heavy atom. The molecule has 0 radical (unpaired) electrons. The molecule has 0 aliphatic carbocycles. The molecule has 4 nitrogen and oxygen atoms in total. The van der Waals surface area contributed by atoms with Gasteiger partial charge in [-0.1, -0.05) is 54.6 Å². The molecular formula is C23H19N3O. The van der Waals surface area contributed by atoms with Gasteiger partial charge in [-0.2, -0.15) is 0 Å². The first-order valence-corrected chi connectivity index (χ1v) is 8.99. The van der Waals surface area contributed by atoms with Crippen molar-refractivity contribution in [2.75, 3.05) is 12.4 Å². The number of benzene rings is 3. The summed E-state index contributed by atoms with van der Waals surface area (Å²) < 4.78 is 7.58. The second kappa shape index (κ2) is 6.32. The van der Waals surface area contributed by atoms with Gasteiger partial charge in [0.25, 0.3) is 0 Å². The molecule has 0 fully saturated rings. The highest BCUT2D eigenvalue weighted by atomic mass is 16.5. The quantitative estimate of drug-likeness (QED) is 0.557. The van der Waals surface area contributed by atoms with E-state index in [9.17, 15) is 0 Å². The second-order valence-electron chi connectivity index (χ2n) is 6.58. The van der Waals surface area contributed by atoms with Crippen LogP contribution in [0.4, 0.5) is 5.95 Å². The molecule has 1 aromatic heterocycles. The first kappa shape index (κ1) is 15.7. The highest BCUT2D eigenvalue weighted by Gasteiger charge is 2.25. The number of hydrogen-bond donors (Lipinski definition) is 1. The number of hydrogen-bond acceptors (Lipinski definition) is 3. The fourth-order valence-corrected chi connectivity index (χ4v) is 3.64. The Morgan fingerprint density at radius 1 is 0.889 bits per heavy atom. The van der Waals surface area contributed by atoms with Gasteiger partial charge in [-0.3, -0.25) is 4.57 Å². The fraction of sp³-hybridized carbons (Fsp3) is 0.0870. The number of nitrogens with one attached hydrogen (secondary N) is 1. The molecule has 0 unspecified atom stereocenters. The van der Waals surface area contributed by atoms with E-state index in [-0.39, 0.29) is 6.04 Å². The van der Waals surface area contributed by atoms with Crippen LogP contribution in [0.15, 0.2) is 84.9 Å². The van der Waals surface area contributed by atoms with Crippen LogP contribution in [0.3, 0.4) is 0 Å². The SMILES string of the molecule is COc1ccc([C@H]2C=C(c3ccccc3)Nc3nc4ccccc4n32)cc1. The van der Waals surface area contributed by atoms with E-state index in [1.54, 1.807) is 7.11 Å². The van der Waals surface area contributed by atoms with Gasteiger partial charge in [0.1, 0.15) is 5.75 Å². The highest BCUT2D eigenvalue weighted by Crippen LogP contribution is 2.37. The number of allylic oxidation sites excluding steroid dienone is 1. The molecule has 5 rings (SSSR count). The number of methoxy groups -OCH3 is 1. The van der Waals surface area contributed by atoms with Gasteiger partial charge in [0, 0.05) is 5.70 Å². The summed E-state index contributed by atoms with van der Waals surface area (Å²) >= 11 is 0. The van der Waals surface area contributed by atoms with Gasteiger partial charge >= 0.3 is 0 Å². The van der Waals surface area contributed by atoms with E-state index in [4.69, 9.17) is 9.72 Å². The highest BCUT2D eigenvalue weighted by molar-refractivity contribution is 5.85. The van der Waals surface area contributed by atoms with Crippen molar-refractivity contribution in [1.29, 1.82) is 0 Å². The predicted octanol–water partition coefficient (Wildman–Crippen LogP) is 5.10. The summed E-state index contributed by atoms with van der Waals surface area (Å²) in [6, 6.07) is 26.9. The van der Waals surface area contributed by atoms with Gasteiger partial charge in [0.2, 0.25) is 5.95 Å². The third-order valence-electron chi connectivity index (χ3n) is 4.99. The van der Waals surface area contributed by atoms with Crippen LogP contribution in [-0.4, -0.2) is 16.7 Å². The topological polar surface area (TPSA) is 39.1 Å². The first-order chi connectivity index (χ1) is 13.3.